The molecule has 1 N–H and O–H groups in total. The van der Waals surface area contributed by atoms with E-state index in [-0.39, 0.29) is 17.4 Å². The maximum Gasteiger partial charge on any atom is 0.255 e. The second kappa shape index (κ2) is 7.99. The van der Waals surface area contributed by atoms with Crippen LogP contribution in [-0.4, -0.2) is 55.5 Å². The SMILES string of the molecule is Cc1cn2nc(C3=CC(=O)N4C=C(N5CCNC(C)(C)C5)C=CC4=CCC3C)cc2c(C)n1. The van der Waals surface area contributed by atoms with Gasteiger partial charge in [-0.15, -0.1) is 0 Å². The lowest BCUT2D eigenvalue weighted by Gasteiger charge is -2.42. The summed E-state index contributed by atoms with van der Waals surface area (Å²) in [5.41, 5.74) is 6.68. The third-order valence-electron chi connectivity index (χ3n) is 6.68. The first-order chi connectivity index (χ1) is 15.7. The third kappa shape index (κ3) is 4.13. The first-order valence-corrected chi connectivity index (χ1v) is 11.7. The van der Waals surface area contributed by atoms with Crippen LogP contribution in [0.25, 0.3) is 11.1 Å². The molecule has 0 aromatic carbocycles. The number of aryl methyl sites for hydroxylation is 2. The maximum atomic E-state index is 13.5. The van der Waals surface area contributed by atoms with Crippen molar-refractivity contribution in [3.05, 3.63) is 71.2 Å². The Hall–Kier alpha value is -3.19. The summed E-state index contributed by atoms with van der Waals surface area (Å²) in [6.07, 6.45) is 12.9. The molecule has 1 saturated heterocycles. The predicted octanol–water partition coefficient (Wildman–Crippen LogP) is 3.58. The zero-order valence-corrected chi connectivity index (χ0v) is 20.1. The number of carbonyl (C=O) groups is 1. The van der Waals surface area contributed by atoms with Gasteiger partial charge in [-0.05, 0) is 63.8 Å². The molecule has 33 heavy (non-hydrogen) atoms. The highest BCUT2D eigenvalue weighted by Gasteiger charge is 2.29. The number of rotatable bonds is 2. The molecular weight excluding hydrogens is 412 g/mol. The van der Waals surface area contributed by atoms with E-state index in [1.807, 2.05) is 36.8 Å². The Balaban J connectivity index is 1.49. The molecule has 0 aliphatic carbocycles. The normalized spacial score (nSPS) is 23.0. The molecule has 2 aromatic heterocycles. The van der Waals surface area contributed by atoms with Gasteiger partial charge in [0.1, 0.15) is 0 Å². The number of nitrogens with zero attached hydrogens (tertiary/aromatic N) is 5. The fraction of sp³-hybridized carbons (Fsp3) is 0.423. The summed E-state index contributed by atoms with van der Waals surface area (Å²) >= 11 is 0. The van der Waals surface area contributed by atoms with Gasteiger partial charge in [0.05, 0.1) is 34.5 Å². The van der Waals surface area contributed by atoms with Crippen molar-refractivity contribution in [3.8, 4) is 0 Å². The number of hydrogen-bond donors (Lipinski definition) is 1. The molecule has 7 nitrogen and oxygen atoms in total. The lowest BCUT2D eigenvalue weighted by atomic mass is 9.92. The molecule has 1 amide bonds. The highest BCUT2D eigenvalue weighted by molar-refractivity contribution is 5.98. The molecule has 2 aromatic rings. The Morgan fingerprint density at radius 2 is 1.97 bits per heavy atom. The molecule has 5 rings (SSSR count). The Kier molecular flexibility index (Phi) is 5.24. The van der Waals surface area contributed by atoms with Crippen LogP contribution in [-0.2, 0) is 4.79 Å². The van der Waals surface area contributed by atoms with E-state index in [0.29, 0.717) is 0 Å². The molecule has 5 heterocycles. The molecular formula is C26H32N6O. The highest BCUT2D eigenvalue weighted by atomic mass is 16.2. The largest absolute Gasteiger partial charge is 0.367 e. The van der Waals surface area contributed by atoms with E-state index in [1.54, 1.807) is 11.0 Å². The lowest BCUT2D eigenvalue weighted by molar-refractivity contribution is -0.122. The molecule has 0 radical (unpaired) electrons. The molecule has 3 aliphatic rings. The summed E-state index contributed by atoms with van der Waals surface area (Å²) in [4.78, 5) is 22.2. The fourth-order valence-electron chi connectivity index (χ4n) is 4.93. The Morgan fingerprint density at radius 1 is 1.18 bits per heavy atom. The van der Waals surface area contributed by atoms with Crippen molar-refractivity contribution in [2.75, 3.05) is 19.6 Å². The Bertz CT molecular complexity index is 1240. The van der Waals surface area contributed by atoms with Crippen LogP contribution in [0.2, 0.25) is 0 Å². The number of amides is 1. The minimum Gasteiger partial charge on any atom is -0.367 e. The van der Waals surface area contributed by atoms with Crippen LogP contribution >= 0.6 is 0 Å². The number of nitrogens with one attached hydrogen (secondary N) is 1. The summed E-state index contributed by atoms with van der Waals surface area (Å²) in [6, 6.07) is 2.05. The molecule has 3 aliphatic heterocycles. The average Bonchev–Trinajstić information content (AvgIpc) is 3.18. The smallest absolute Gasteiger partial charge is 0.255 e. The fourth-order valence-corrected chi connectivity index (χ4v) is 4.93. The van der Waals surface area contributed by atoms with E-state index >= 15 is 0 Å². The number of aromatic nitrogens is 3. The van der Waals surface area contributed by atoms with Crippen molar-refractivity contribution in [3.63, 3.8) is 0 Å². The third-order valence-corrected chi connectivity index (χ3v) is 6.68. The molecule has 1 unspecified atom stereocenters. The molecule has 0 spiro atoms. The van der Waals surface area contributed by atoms with E-state index in [9.17, 15) is 4.79 Å². The van der Waals surface area contributed by atoms with E-state index in [1.165, 1.54) is 0 Å². The van der Waals surface area contributed by atoms with Crippen molar-refractivity contribution < 1.29 is 4.79 Å². The molecule has 7 heteroatoms. The van der Waals surface area contributed by atoms with E-state index in [2.05, 4.69) is 54.2 Å². The van der Waals surface area contributed by atoms with Crippen LogP contribution in [0.3, 0.4) is 0 Å². The van der Waals surface area contributed by atoms with Crippen LogP contribution in [0.4, 0.5) is 0 Å². The Labute approximate surface area is 195 Å². The van der Waals surface area contributed by atoms with Gasteiger partial charge in [-0.25, -0.2) is 4.52 Å². The maximum absolute atomic E-state index is 13.5. The zero-order valence-electron chi connectivity index (χ0n) is 20.1. The Morgan fingerprint density at radius 3 is 2.76 bits per heavy atom. The van der Waals surface area contributed by atoms with Gasteiger partial charge in [0.25, 0.3) is 5.91 Å². The van der Waals surface area contributed by atoms with E-state index in [0.717, 1.165) is 65.6 Å². The van der Waals surface area contributed by atoms with Crippen molar-refractivity contribution in [2.45, 2.75) is 46.6 Å². The van der Waals surface area contributed by atoms with Gasteiger partial charge in [0, 0.05) is 43.1 Å². The molecule has 0 bridgehead atoms. The zero-order chi connectivity index (χ0) is 23.3. The number of allylic oxidation sites excluding steroid dienone is 4. The van der Waals surface area contributed by atoms with Gasteiger partial charge in [-0.2, -0.15) is 5.10 Å². The monoisotopic (exact) mass is 444 g/mol. The molecule has 1 atom stereocenters. The second-order valence-corrected chi connectivity index (χ2v) is 10.0. The van der Waals surface area contributed by atoms with Gasteiger partial charge in [-0.1, -0.05) is 13.0 Å². The average molecular weight is 445 g/mol. The van der Waals surface area contributed by atoms with Crippen molar-refractivity contribution in [2.24, 2.45) is 5.92 Å². The lowest BCUT2D eigenvalue weighted by Crippen LogP contribution is -2.56. The summed E-state index contributed by atoms with van der Waals surface area (Å²) in [6.45, 7) is 13.3. The molecule has 172 valence electrons. The summed E-state index contributed by atoms with van der Waals surface area (Å²) in [7, 11) is 0. The van der Waals surface area contributed by atoms with Crippen molar-refractivity contribution in [1.29, 1.82) is 0 Å². The van der Waals surface area contributed by atoms with Gasteiger partial charge < -0.3 is 10.2 Å². The number of hydrogen-bond acceptors (Lipinski definition) is 5. The first-order valence-electron chi connectivity index (χ1n) is 11.7. The topological polar surface area (TPSA) is 65.8 Å². The van der Waals surface area contributed by atoms with Gasteiger partial charge in [0.15, 0.2) is 0 Å². The van der Waals surface area contributed by atoms with Gasteiger partial charge >= 0.3 is 0 Å². The van der Waals surface area contributed by atoms with E-state index < -0.39 is 0 Å². The number of fused-ring (bicyclic) bond motifs is 2. The van der Waals surface area contributed by atoms with Crippen LogP contribution in [0.15, 0.2) is 54.2 Å². The minimum absolute atomic E-state index is 0.0397. The molecule has 0 saturated carbocycles. The summed E-state index contributed by atoms with van der Waals surface area (Å²) < 4.78 is 1.87. The van der Waals surface area contributed by atoms with Crippen molar-refractivity contribution in [1.82, 2.24) is 29.7 Å². The van der Waals surface area contributed by atoms with Crippen LogP contribution in [0, 0.1) is 19.8 Å². The second-order valence-electron chi connectivity index (χ2n) is 10.0. The predicted molar refractivity (Wildman–Crippen MR) is 130 cm³/mol. The van der Waals surface area contributed by atoms with Crippen LogP contribution in [0.5, 0.6) is 0 Å². The summed E-state index contributed by atoms with van der Waals surface area (Å²) in [5, 5.41) is 8.35. The standard InChI is InChI=1S/C26H32N6O/c1-17-6-7-20-8-9-21(30-11-10-27-26(4,5)16-30)15-31(20)25(33)12-22(17)23-13-24-19(3)28-18(2)14-32(24)29-23/h7-9,12-15,17,27H,6,10-11,16H2,1-5H3. The minimum atomic E-state index is -0.0397. The van der Waals surface area contributed by atoms with E-state index in [4.69, 9.17) is 5.10 Å². The van der Waals surface area contributed by atoms with Crippen molar-refractivity contribution >= 4 is 17.0 Å². The van der Waals surface area contributed by atoms with Gasteiger partial charge in [-0.3, -0.25) is 14.7 Å². The number of piperazine rings is 1. The quantitative estimate of drug-likeness (QED) is 0.767. The highest BCUT2D eigenvalue weighted by Crippen LogP contribution is 2.32. The first kappa shape index (κ1) is 21.6. The number of carbonyl (C=O) groups excluding carboxylic acids is 1. The van der Waals surface area contributed by atoms with Gasteiger partial charge in [0.2, 0.25) is 0 Å². The summed E-state index contributed by atoms with van der Waals surface area (Å²) in [5.74, 6) is 0.137. The van der Waals surface area contributed by atoms with Crippen LogP contribution < -0.4 is 5.32 Å². The van der Waals surface area contributed by atoms with Crippen LogP contribution in [0.1, 0.15) is 44.3 Å². The molecule has 1 fully saturated rings.